The summed E-state index contributed by atoms with van der Waals surface area (Å²) >= 11 is 0. The Bertz CT molecular complexity index is 492. The molecular weight excluding hydrogens is 230 g/mol. The summed E-state index contributed by atoms with van der Waals surface area (Å²) in [6.07, 6.45) is 1.63. The van der Waals surface area contributed by atoms with Crippen molar-refractivity contribution in [3.05, 3.63) is 29.1 Å². The van der Waals surface area contributed by atoms with Gasteiger partial charge in [-0.1, -0.05) is 25.6 Å². The molecule has 0 fully saturated rings. The summed E-state index contributed by atoms with van der Waals surface area (Å²) in [4.78, 5) is 15.3. The maximum Gasteiger partial charge on any atom is 0.356 e. The predicted molar refractivity (Wildman–Crippen MR) is 70.5 cm³/mol. The van der Waals surface area contributed by atoms with Gasteiger partial charge in [0.15, 0.2) is 0 Å². The highest BCUT2D eigenvalue weighted by atomic mass is 28.3. The van der Waals surface area contributed by atoms with Gasteiger partial charge in [0.1, 0.15) is 13.8 Å². The Balaban J connectivity index is 3.05. The molecule has 0 bridgehead atoms. The summed E-state index contributed by atoms with van der Waals surface area (Å²) < 4.78 is 4.61. The van der Waals surface area contributed by atoms with Crippen LogP contribution < -0.4 is 0 Å². The fourth-order valence-electron chi connectivity index (χ4n) is 1.16. The number of aryl methyl sites for hydroxylation is 1. The number of aromatic nitrogens is 1. The highest BCUT2D eigenvalue weighted by molar-refractivity contribution is 6.83. The molecule has 0 aliphatic heterocycles. The van der Waals surface area contributed by atoms with Crippen molar-refractivity contribution in [1.29, 1.82) is 0 Å². The molecule has 17 heavy (non-hydrogen) atoms. The Labute approximate surface area is 103 Å². The SMILES string of the molecule is COC(=O)c1cc(C)c(C#C[Si](C)(C)C)cn1. The normalized spacial score (nSPS) is 10.4. The van der Waals surface area contributed by atoms with Gasteiger partial charge >= 0.3 is 5.97 Å². The lowest BCUT2D eigenvalue weighted by atomic mass is 10.1. The monoisotopic (exact) mass is 247 g/mol. The minimum Gasteiger partial charge on any atom is -0.464 e. The zero-order chi connectivity index (χ0) is 13.1. The van der Waals surface area contributed by atoms with E-state index >= 15 is 0 Å². The lowest BCUT2D eigenvalue weighted by molar-refractivity contribution is 0.0594. The number of ether oxygens (including phenoxy) is 1. The number of pyridine rings is 1. The summed E-state index contributed by atoms with van der Waals surface area (Å²) in [7, 11) is -0.0402. The molecule has 0 spiro atoms. The Kier molecular flexibility index (Phi) is 4.08. The number of methoxy groups -OCH3 is 1. The quantitative estimate of drug-likeness (QED) is 0.434. The van der Waals surface area contributed by atoms with Gasteiger partial charge in [0.05, 0.1) is 7.11 Å². The maximum absolute atomic E-state index is 11.3. The van der Waals surface area contributed by atoms with E-state index in [1.807, 2.05) is 6.92 Å². The van der Waals surface area contributed by atoms with Crippen LogP contribution in [-0.4, -0.2) is 26.1 Å². The molecule has 1 aromatic heterocycles. The zero-order valence-corrected chi connectivity index (χ0v) is 11.9. The molecule has 0 aromatic carbocycles. The van der Waals surface area contributed by atoms with E-state index in [4.69, 9.17) is 0 Å². The van der Waals surface area contributed by atoms with Crippen LogP contribution in [0.25, 0.3) is 0 Å². The van der Waals surface area contributed by atoms with Crippen molar-refractivity contribution < 1.29 is 9.53 Å². The van der Waals surface area contributed by atoms with Gasteiger partial charge in [0.2, 0.25) is 0 Å². The molecule has 0 amide bonds. The number of esters is 1. The molecule has 1 rings (SSSR count). The summed E-state index contributed by atoms with van der Waals surface area (Å²) in [5.41, 5.74) is 5.42. The first-order chi connectivity index (χ1) is 7.83. The molecule has 0 saturated carbocycles. The zero-order valence-electron chi connectivity index (χ0n) is 10.9. The second kappa shape index (κ2) is 5.15. The fourth-order valence-corrected chi connectivity index (χ4v) is 1.67. The van der Waals surface area contributed by atoms with Crippen LogP contribution in [0.15, 0.2) is 12.3 Å². The van der Waals surface area contributed by atoms with E-state index in [0.717, 1.165) is 11.1 Å². The molecule has 0 aliphatic rings. The third kappa shape index (κ3) is 4.04. The molecule has 0 aliphatic carbocycles. The summed E-state index contributed by atoms with van der Waals surface area (Å²) in [5.74, 6) is 2.72. The van der Waals surface area contributed by atoms with Crippen LogP contribution in [-0.2, 0) is 4.74 Å². The Morgan fingerprint density at radius 3 is 2.53 bits per heavy atom. The van der Waals surface area contributed by atoms with E-state index in [9.17, 15) is 4.79 Å². The molecule has 0 radical (unpaired) electrons. The number of carbonyl (C=O) groups is 1. The molecule has 1 aromatic rings. The van der Waals surface area contributed by atoms with Gasteiger partial charge < -0.3 is 4.74 Å². The molecule has 90 valence electrons. The first kappa shape index (κ1) is 13.5. The molecule has 0 saturated heterocycles. The fraction of sp³-hybridized carbons (Fsp3) is 0.385. The molecular formula is C13H17NO2Si. The highest BCUT2D eigenvalue weighted by Gasteiger charge is 2.10. The first-order valence-electron chi connectivity index (χ1n) is 5.41. The van der Waals surface area contributed by atoms with E-state index < -0.39 is 14.0 Å². The maximum atomic E-state index is 11.3. The second-order valence-corrected chi connectivity index (χ2v) is 9.63. The smallest absolute Gasteiger partial charge is 0.356 e. The topological polar surface area (TPSA) is 39.2 Å². The Morgan fingerprint density at radius 1 is 1.41 bits per heavy atom. The number of nitrogens with zero attached hydrogens (tertiary/aromatic N) is 1. The summed E-state index contributed by atoms with van der Waals surface area (Å²) in [6, 6.07) is 1.71. The van der Waals surface area contributed by atoms with Gasteiger partial charge in [-0.05, 0) is 18.6 Å². The van der Waals surface area contributed by atoms with Crippen LogP contribution in [0.1, 0.15) is 21.6 Å². The number of hydrogen-bond donors (Lipinski definition) is 0. The van der Waals surface area contributed by atoms with Crippen molar-refractivity contribution >= 4 is 14.0 Å². The van der Waals surface area contributed by atoms with Gasteiger partial charge in [-0.3, -0.25) is 0 Å². The van der Waals surface area contributed by atoms with Crippen LogP contribution in [0.4, 0.5) is 0 Å². The first-order valence-corrected chi connectivity index (χ1v) is 8.91. The van der Waals surface area contributed by atoms with Gasteiger partial charge in [-0.2, -0.15) is 0 Å². The Morgan fingerprint density at radius 2 is 2.06 bits per heavy atom. The van der Waals surface area contributed by atoms with E-state index in [1.54, 1.807) is 12.3 Å². The van der Waals surface area contributed by atoms with Crippen LogP contribution in [0.5, 0.6) is 0 Å². The third-order valence-corrected chi connectivity index (χ3v) is 2.95. The van der Waals surface area contributed by atoms with E-state index in [1.165, 1.54) is 7.11 Å². The van der Waals surface area contributed by atoms with E-state index in [2.05, 4.69) is 40.8 Å². The van der Waals surface area contributed by atoms with E-state index in [0.29, 0.717) is 5.69 Å². The van der Waals surface area contributed by atoms with Crippen LogP contribution in [0.3, 0.4) is 0 Å². The third-order valence-electron chi connectivity index (χ3n) is 2.08. The van der Waals surface area contributed by atoms with Gasteiger partial charge in [0.25, 0.3) is 0 Å². The van der Waals surface area contributed by atoms with Crippen LogP contribution in [0.2, 0.25) is 19.6 Å². The highest BCUT2D eigenvalue weighted by Crippen LogP contribution is 2.08. The number of rotatable bonds is 1. The molecule has 0 unspecified atom stereocenters. The van der Waals surface area contributed by atoms with Gasteiger partial charge in [-0.25, -0.2) is 9.78 Å². The summed E-state index contributed by atoms with van der Waals surface area (Å²) in [6.45, 7) is 8.48. The Hall–Kier alpha value is -1.60. The van der Waals surface area contributed by atoms with Crippen molar-refractivity contribution in [2.24, 2.45) is 0 Å². The number of hydrogen-bond acceptors (Lipinski definition) is 3. The van der Waals surface area contributed by atoms with Crippen molar-refractivity contribution in [2.75, 3.05) is 7.11 Å². The minimum atomic E-state index is -1.39. The van der Waals surface area contributed by atoms with Crippen molar-refractivity contribution in [3.8, 4) is 11.5 Å². The molecule has 0 N–H and O–H groups in total. The van der Waals surface area contributed by atoms with Gasteiger partial charge in [-0.15, -0.1) is 5.54 Å². The standard InChI is InChI=1S/C13H17NO2Si/c1-10-8-12(13(15)16-2)14-9-11(10)6-7-17(3,4)5/h8-9H,1-5H3. The molecule has 1 heterocycles. The van der Waals surface area contributed by atoms with E-state index in [-0.39, 0.29) is 0 Å². The average molecular weight is 247 g/mol. The average Bonchev–Trinajstić information content (AvgIpc) is 2.25. The van der Waals surface area contributed by atoms with Crippen molar-refractivity contribution in [1.82, 2.24) is 4.98 Å². The van der Waals surface area contributed by atoms with Gasteiger partial charge in [0, 0.05) is 11.8 Å². The lowest BCUT2D eigenvalue weighted by Crippen LogP contribution is -2.16. The van der Waals surface area contributed by atoms with Crippen molar-refractivity contribution in [2.45, 2.75) is 26.6 Å². The molecule has 0 atom stereocenters. The molecule has 4 heteroatoms. The number of carbonyl (C=O) groups excluding carboxylic acids is 1. The minimum absolute atomic E-state index is 0.323. The predicted octanol–water partition coefficient (Wildman–Crippen LogP) is 2.41. The molecule has 3 nitrogen and oxygen atoms in total. The van der Waals surface area contributed by atoms with Crippen molar-refractivity contribution in [3.63, 3.8) is 0 Å². The van der Waals surface area contributed by atoms with Crippen LogP contribution in [0, 0.1) is 18.4 Å². The largest absolute Gasteiger partial charge is 0.464 e. The summed E-state index contributed by atoms with van der Waals surface area (Å²) in [5, 5.41) is 0. The van der Waals surface area contributed by atoms with Crippen LogP contribution >= 0.6 is 0 Å². The second-order valence-electron chi connectivity index (χ2n) is 4.88. The lowest BCUT2D eigenvalue weighted by Gasteiger charge is -2.05.